The second kappa shape index (κ2) is 13.5. The summed E-state index contributed by atoms with van der Waals surface area (Å²) in [6, 6.07) is 85.2. The lowest BCUT2D eigenvalue weighted by Crippen LogP contribution is -1.95. The van der Waals surface area contributed by atoms with Gasteiger partial charge in [0.25, 0.3) is 0 Å². The Balaban J connectivity index is 0.862. The first-order valence-electron chi connectivity index (χ1n) is 22.2. The number of fused-ring (bicyclic) bond motifs is 11. The number of benzene rings is 11. The van der Waals surface area contributed by atoms with Gasteiger partial charge in [-0.1, -0.05) is 176 Å². The van der Waals surface area contributed by atoms with Crippen LogP contribution in [0.25, 0.3) is 132 Å². The quantitative estimate of drug-likeness (QED) is 0.164. The van der Waals surface area contributed by atoms with E-state index in [9.17, 15) is 0 Å². The molecule has 0 saturated heterocycles. The maximum atomic E-state index is 2.45. The molecule has 2 heterocycles. The van der Waals surface area contributed by atoms with Crippen molar-refractivity contribution < 1.29 is 0 Å². The van der Waals surface area contributed by atoms with Crippen LogP contribution in [0.5, 0.6) is 0 Å². The van der Waals surface area contributed by atoms with Crippen molar-refractivity contribution in [2.45, 2.75) is 0 Å². The number of hydrogen-bond acceptors (Lipinski definition) is 0. The van der Waals surface area contributed by atoms with E-state index in [4.69, 9.17) is 0 Å². The molecule has 0 radical (unpaired) electrons. The molecule has 1 aliphatic carbocycles. The summed E-state index contributed by atoms with van der Waals surface area (Å²) >= 11 is 0. The largest absolute Gasteiger partial charge is 0.309 e. The van der Waals surface area contributed by atoms with Crippen molar-refractivity contribution >= 4 is 65.2 Å². The second-order valence-corrected chi connectivity index (χ2v) is 17.3. The molecule has 0 spiro atoms. The molecule has 0 bridgehead atoms. The smallest absolute Gasteiger partial charge is 0.0619 e. The molecule has 2 nitrogen and oxygen atoms in total. The molecule has 0 saturated carbocycles. The van der Waals surface area contributed by atoms with Gasteiger partial charge in [0.2, 0.25) is 0 Å². The van der Waals surface area contributed by atoms with Crippen LogP contribution in [0.15, 0.2) is 231 Å². The summed E-state index contributed by atoms with van der Waals surface area (Å²) in [4.78, 5) is 0. The van der Waals surface area contributed by atoms with E-state index in [0.717, 1.165) is 11.4 Å². The fourth-order valence-electron chi connectivity index (χ4n) is 10.9. The van der Waals surface area contributed by atoms with Crippen molar-refractivity contribution in [3.05, 3.63) is 231 Å². The summed E-state index contributed by atoms with van der Waals surface area (Å²) in [6.07, 6.45) is 0. The minimum Gasteiger partial charge on any atom is -0.309 e. The zero-order chi connectivity index (χ0) is 41.9. The molecular formula is C62H38N2. The first kappa shape index (κ1) is 35.2. The molecule has 0 atom stereocenters. The highest BCUT2D eigenvalue weighted by Crippen LogP contribution is 2.48. The summed E-state index contributed by atoms with van der Waals surface area (Å²) in [6.45, 7) is 0. The van der Waals surface area contributed by atoms with Gasteiger partial charge in [-0.15, -0.1) is 0 Å². The number of hydrogen-bond donors (Lipinski definition) is 0. The molecule has 296 valence electrons. The summed E-state index contributed by atoms with van der Waals surface area (Å²) in [5, 5.41) is 10.2. The van der Waals surface area contributed by atoms with E-state index in [2.05, 4.69) is 240 Å². The molecule has 64 heavy (non-hydrogen) atoms. The van der Waals surface area contributed by atoms with E-state index in [1.807, 2.05) is 0 Å². The predicted octanol–water partition coefficient (Wildman–Crippen LogP) is 16.8. The molecule has 0 amide bonds. The highest BCUT2D eigenvalue weighted by Gasteiger charge is 2.22. The Kier molecular flexibility index (Phi) is 7.43. The Labute approximate surface area is 370 Å². The van der Waals surface area contributed by atoms with Crippen LogP contribution in [0.2, 0.25) is 0 Å². The van der Waals surface area contributed by atoms with E-state index in [1.165, 1.54) is 121 Å². The first-order chi connectivity index (χ1) is 31.7. The van der Waals surface area contributed by atoms with Crippen molar-refractivity contribution in [2.24, 2.45) is 0 Å². The number of rotatable bonds is 5. The van der Waals surface area contributed by atoms with Crippen LogP contribution in [0, 0.1) is 0 Å². The molecule has 2 aromatic heterocycles. The molecule has 0 fully saturated rings. The van der Waals surface area contributed by atoms with Crippen LogP contribution >= 0.6 is 0 Å². The second-order valence-electron chi connectivity index (χ2n) is 17.3. The maximum Gasteiger partial charge on any atom is 0.0619 e. The van der Waals surface area contributed by atoms with Crippen molar-refractivity contribution in [1.29, 1.82) is 0 Å². The molecule has 0 unspecified atom stereocenters. The lowest BCUT2D eigenvalue weighted by molar-refractivity contribution is 1.18. The van der Waals surface area contributed by atoms with E-state index < -0.39 is 0 Å². The molecule has 0 aliphatic heterocycles. The minimum absolute atomic E-state index is 1.14. The Hall–Kier alpha value is -8.46. The van der Waals surface area contributed by atoms with Crippen molar-refractivity contribution in [2.75, 3.05) is 0 Å². The van der Waals surface area contributed by atoms with Crippen molar-refractivity contribution in [3.8, 4) is 67.0 Å². The van der Waals surface area contributed by atoms with Gasteiger partial charge in [-0.2, -0.15) is 0 Å². The van der Waals surface area contributed by atoms with Crippen LogP contribution < -0.4 is 0 Å². The molecule has 11 aromatic carbocycles. The molecular weight excluding hydrogens is 773 g/mol. The van der Waals surface area contributed by atoms with Crippen molar-refractivity contribution in [1.82, 2.24) is 9.13 Å². The third-order valence-electron chi connectivity index (χ3n) is 13.8. The van der Waals surface area contributed by atoms with Gasteiger partial charge in [-0.25, -0.2) is 0 Å². The molecule has 1 aliphatic rings. The van der Waals surface area contributed by atoms with E-state index in [1.54, 1.807) is 0 Å². The van der Waals surface area contributed by atoms with Gasteiger partial charge in [0.15, 0.2) is 0 Å². The third-order valence-corrected chi connectivity index (χ3v) is 13.8. The topological polar surface area (TPSA) is 9.86 Å². The fourth-order valence-corrected chi connectivity index (χ4v) is 10.9. The maximum absolute atomic E-state index is 2.45. The number of aromatic nitrogens is 2. The first-order valence-corrected chi connectivity index (χ1v) is 22.2. The highest BCUT2D eigenvalue weighted by atomic mass is 15.0. The molecule has 0 N–H and O–H groups in total. The normalized spacial score (nSPS) is 12.1. The monoisotopic (exact) mass is 810 g/mol. The lowest BCUT2D eigenvalue weighted by atomic mass is 9.95. The van der Waals surface area contributed by atoms with Crippen LogP contribution in [0.4, 0.5) is 0 Å². The average molecular weight is 811 g/mol. The van der Waals surface area contributed by atoms with Crippen LogP contribution in [0.1, 0.15) is 0 Å². The van der Waals surface area contributed by atoms with Crippen LogP contribution in [0.3, 0.4) is 0 Å². The van der Waals surface area contributed by atoms with Gasteiger partial charge >= 0.3 is 0 Å². The summed E-state index contributed by atoms with van der Waals surface area (Å²) in [7, 11) is 0. The van der Waals surface area contributed by atoms with Gasteiger partial charge in [-0.3, -0.25) is 0 Å². The van der Waals surface area contributed by atoms with Gasteiger partial charge in [0.1, 0.15) is 0 Å². The van der Waals surface area contributed by atoms with E-state index in [-0.39, 0.29) is 0 Å². The van der Waals surface area contributed by atoms with Gasteiger partial charge in [0, 0.05) is 38.3 Å². The van der Waals surface area contributed by atoms with Crippen molar-refractivity contribution in [3.63, 3.8) is 0 Å². The highest BCUT2D eigenvalue weighted by molar-refractivity contribution is 6.19. The SMILES string of the molecule is c1ccc(-n2c3cc(-c4ccc5c6ccccc6n(-c6ccc(-c7cccc(-c8ccc9c(c8)-c8cccc%10cccc-9c8%10)c7)cc6)c5c4)ccc3c3ccc4ccccc4c32)cc1. The minimum atomic E-state index is 1.14. The van der Waals surface area contributed by atoms with Gasteiger partial charge in [0.05, 0.1) is 22.1 Å². The lowest BCUT2D eigenvalue weighted by Gasteiger charge is -2.12. The average Bonchev–Trinajstić information content (AvgIpc) is 4.00. The Morgan fingerprint density at radius 1 is 0.234 bits per heavy atom. The summed E-state index contributed by atoms with van der Waals surface area (Å²) < 4.78 is 4.89. The molecule has 2 heteroatoms. The fraction of sp³-hybridized carbons (Fsp3) is 0. The van der Waals surface area contributed by atoms with Gasteiger partial charge in [-0.05, 0) is 126 Å². The third kappa shape index (κ3) is 5.14. The Morgan fingerprint density at radius 2 is 0.766 bits per heavy atom. The molecule has 14 rings (SSSR count). The number of nitrogens with zero attached hydrogens (tertiary/aromatic N) is 2. The number of para-hydroxylation sites is 2. The Morgan fingerprint density at radius 3 is 1.56 bits per heavy atom. The Bertz CT molecular complexity index is 4050. The standard InChI is InChI=1S/C62H38N2/c1-2-16-47(17-3-1)64-60-38-46(28-33-53(60)56-34-25-40-11-4-5-18-49(40)62(56)64)45-27-32-52-51-19-6-7-22-58(51)63(59(52)37-45)48-29-23-39(24-30-48)42-14-8-15-43(35-42)44-26-31-50-54-20-9-12-41-13-10-21-55(61(41)54)57(50)36-44/h1-38H. The summed E-state index contributed by atoms with van der Waals surface area (Å²) in [5.74, 6) is 0. The predicted molar refractivity (Wildman–Crippen MR) is 271 cm³/mol. The van der Waals surface area contributed by atoms with Gasteiger partial charge < -0.3 is 9.13 Å². The van der Waals surface area contributed by atoms with Crippen LogP contribution in [-0.4, -0.2) is 9.13 Å². The zero-order valence-electron chi connectivity index (χ0n) is 34.8. The van der Waals surface area contributed by atoms with E-state index >= 15 is 0 Å². The van der Waals surface area contributed by atoms with E-state index in [0.29, 0.717) is 0 Å². The summed E-state index contributed by atoms with van der Waals surface area (Å²) in [5.41, 5.74) is 19.7. The molecule has 13 aromatic rings. The zero-order valence-corrected chi connectivity index (χ0v) is 34.8. The van der Waals surface area contributed by atoms with Crippen LogP contribution in [-0.2, 0) is 0 Å².